The Balaban J connectivity index is 1.68. The van der Waals surface area contributed by atoms with Gasteiger partial charge in [-0.1, -0.05) is 23.8 Å². The highest BCUT2D eigenvalue weighted by Gasteiger charge is 2.41. The Morgan fingerprint density at radius 2 is 1.78 bits per heavy atom. The van der Waals surface area contributed by atoms with Crippen molar-refractivity contribution in [2.45, 2.75) is 18.7 Å². The number of sulfone groups is 1. The molecule has 0 bridgehead atoms. The van der Waals surface area contributed by atoms with Gasteiger partial charge in [0.2, 0.25) is 20.2 Å². The minimum absolute atomic E-state index is 0.0245. The third kappa shape index (κ3) is 5.05. The van der Waals surface area contributed by atoms with E-state index in [1.807, 2.05) is 6.92 Å². The molecule has 2 aliphatic heterocycles. The molecule has 1 amide bonds. The van der Waals surface area contributed by atoms with Gasteiger partial charge in [-0.2, -0.15) is 17.8 Å². The van der Waals surface area contributed by atoms with E-state index in [-0.39, 0.29) is 33.7 Å². The van der Waals surface area contributed by atoms with Crippen molar-refractivity contribution in [3.8, 4) is 11.5 Å². The molecular weight excluding hydrogens is 528 g/mol. The Morgan fingerprint density at radius 1 is 1.08 bits per heavy atom. The largest absolute Gasteiger partial charge is 0.490 e. The second-order valence-corrected chi connectivity index (χ2v) is 11.9. The summed E-state index contributed by atoms with van der Waals surface area (Å²) in [6.45, 7) is 3.73. The number of aryl methyl sites for hydroxylation is 1. The number of amidine groups is 3. The average molecular weight is 549 g/mol. The number of ether oxygens (including phenoxy) is 1. The molecule has 4 rings (SSSR count). The fourth-order valence-electron chi connectivity index (χ4n) is 3.23. The van der Waals surface area contributed by atoms with Crippen molar-refractivity contribution in [2.24, 2.45) is 9.39 Å². The standard InChI is InChI=1S/C22H20N4O7S3/c1-4-32-18-12-14(7-10-17(18)33-36(30,31)15-8-5-13(2)6-9-15)11-16-19(23)26-21(24-20(16)27)34-25-22(26)35(3,28)29/h5-12,23H,4H2,1-3H3/b16-11-,23-19?. The maximum atomic E-state index is 12.7. The van der Waals surface area contributed by atoms with Gasteiger partial charge >= 0.3 is 10.1 Å². The lowest BCUT2D eigenvalue weighted by molar-refractivity contribution is -0.114. The number of hydrogen-bond acceptors (Lipinski definition) is 10. The van der Waals surface area contributed by atoms with Crippen LogP contribution in [0.1, 0.15) is 18.1 Å². The first-order valence-corrected chi connectivity index (χ1v) is 14.4. The van der Waals surface area contributed by atoms with Crippen LogP contribution in [0.15, 0.2) is 62.3 Å². The number of nitrogens with zero attached hydrogens (tertiary/aromatic N) is 3. The van der Waals surface area contributed by atoms with Gasteiger partial charge in [0.15, 0.2) is 11.5 Å². The molecule has 2 heterocycles. The molecule has 0 saturated carbocycles. The first-order valence-electron chi connectivity index (χ1n) is 10.4. The predicted molar refractivity (Wildman–Crippen MR) is 136 cm³/mol. The Labute approximate surface area is 212 Å². The van der Waals surface area contributed by atoms with Gasteiger partial charge < -0.3 is 8.92 Å². The summed E-state index contributed by atoms with van der Waals surface area (Å²) >= 11 is 0.695. The normalized spacial score (nSPS) is 17.1. The fourth-order valence-corrected chi connectivity index (χ4v) is 6.01. The van der Waals surface area contributed by atoms with Crippen molar-refractivity contribution in [1.82, 2.24) is 4.90 Å². The lowest BCUT2D eigenvalue weighted by Gasteiger charge is -2.23. The summed E-state index contributed by atoms with van der Waals surface area (Å²) in [4.78, 5) is 17.4. The minimum atomic E-state index is -4.14. The summed E-state index contributed by atoms with van der Waals surface area (Å²) in [5.41, 5.74) is 1.08. The van der Waals surface area contributed by atoms with Gasteiger partial charge in [0.25, 0.3) is 5.91 Å². The summed E-state index contributed by atoms with van der Waals surface area (Å²) in [6, 6.07) is 10.5. The van der Waals surface area contributed by atoms with Crippen LogP contribution in [-0.4, -0.2) is 56.7 Å². The third-order valence-corrected chi connectivity index (χ3v) is 7.92. The predicted octanol–water partition coefficient (Wildman–Crippen LogP) is 2.78. The number of carbonyl (C=O) groups is 1. The zero-order valence-electron chi connectivity index (χ0n) is 19.3. The second-order valence-electron chi connectivity index (χ2n) is 7.67. The molecule has 0 saturated heterocycles. The smallest absolute Gasteiger partial charge is 0.339 e. The van der Waals surface area contributed by atoms with E-state index in [0.29, 0.717) is 17.5 Å². The zero-order chi connectivity index (χ0) is 26.3. The molecule has 0 aliphatic carbocycles. The van der Waals surface area contributed by atoms with Gasteiger partial charge in [0.05, 0.1) is 24.1 Å². The van der Waals surface area contributed by atoms with Crippen molar-refractivity contribution in [2.75, 3.05) is 12.9 Å². The maximum absolute atomic E-state index is 12.7. The molecule has 2 aromatic rings. The molecule has 2 aliphatic rings. The van der Waals surface area contributed by atoms with Crippen LogP contribution in [0, 0.1) is 12.3 Å². The lowest BCUT2D eigenvalue weighted by Crippen LogP contribution is -2.45. The van der Waals surface area contributed by atoms with E-state index < -0.39 is 36.9 Å². The van der Waals surface area contributed by atoms with Crippen LogP contribution in [0.5, 0.6) is 11.5 Å². The highest BCUT2D eigenvalue weighted by atomic mass is 32.2. The SMILES string of the molecule is CCOc1cc(/C=C2/C(=N)N3C(=NC2=O)SN=C3S(C)(=O)=O)ccc1OS(=O)(=O)c1ccc(C)cc1. The molecule has 36 heavy (non-hydrogen) atoms. The van der Waals surface area contributed by atoms with Crippen LogP contribution in [0.2, 0.25) is 0 Å². The number of benzene rings is 2. The number of aliphatic imine (C=N–C) groups is 1. The molecule has 188 valence electrons. The molecular formula is C22H20N4O7S3. The number of nitrogens with one attached hydrogen (secondary N) is 1. The molecule has 0 atom stereocenters. The monoisotopic (exact) mass is 548 g/mol. The summed E-state index contributed by atoms with van der Waals surface area (Å²) in [5.74, 6) is -1.12. The van der Waals surface area contributed by atoms with E-state index in [4.69, 9.17) is 14.3 Å². The number of carbonyl (C=O) groups excluding carboxylic acids is 1. The lowest BCUT2D eigenvalue weighted by atomic mass is 10.1. The average Bonchev–Trinajstić information content (AvgIpc) is 3.23. The van der Waals surface area contributed by atoms with Gasteiger partial charge in [-0.3, -0.25) is 10.2 Å². The molecule has 14 heteroatoms. The van der Waals surface area contributed by atoms with E-state index in [1.165, 1.54) is 36.4 Å². The van der Waals surface area contributed by atoms with Crippen molar-refractivity contribution in [3.05, 3.63) is 59.2 Å². The van der Waals surface area contributed by atoms with E-state index in [0.717, 1.165) is 16.7 Å². The fraction of sp³-hybridized carbons (Fsp3) is 0.182. The van der Waals surface area contributed by atoms with Gasteiger partial charge in [-0.15, -0.1) is 0 Å². The van der Waals surface area contributed by atoms with Crippen molar-refractivity contribution < 1.29 is 30.6 Å². The number of amides is 1. The molecule has 0 spiro atoms. The summed E-state index contributed by atoms with van der Waals surface area (Å²) in [6.07, 6.45) is 2.27. The summed E-state index contributed by atoms with van der Waals surface area (Å²) in [7, 11) is -7.92. The van der Waals surface area contributed by atoms with Crippen LogP contribution >= 0.6 is 11.9 Å². The molecule has 1 N–H and O–H groups in total. The van der Waals surface area contributed by atoms with Gasteiger partial charge in [0, 0.05) is 6.26 Å². The number of fused-ring (bicyclic) bond motifs is 1. The van der Waals surface area contributed by atoms with Crippen molar-refractivity contribution >= 4 is 60.1 Å². The third-order valence-electron chi connectivity index (χ3n) is 4.91. The van der Waals surface area contributed by atoms with Crippen LogP contribution in [0.3, 0.4) is 0 Å². The van der Waals surface area contributed by atoms with E-state index in [9.17, 15) is 21.6 Å². The van der Waals surface area contributed by atoms with Crippen molar-refractivity contribution in [1.29, 1.82) is 5.41 Å². The van der Waals surface area contributed by atoms with Crippen LogP contribution < -0.4 is 8.92 Å². The van der Waals surface area contributed by atoms with Gasteiger partial charge in [0.1, 0.15) is 10.7 Å². The van der Waals surface area contributed by atoms with Crippen LogP contribution in [0.25, 0.3) is 6.08 Å². The van der Waals surface area contributed by atoms with Crippen molar-refractivity contribution in [3.63, 3.8) is 0 Å². The second kappa shape index (κ2) is 9.52. The number of hydrogen-bond donors (Lipinski definition) is 1. The van der Waals surface area contributed by atoms with E-state index in [1.54, 1.807) is 19.1 Å². The highest BCUT2D eigenvalue weighted by molar-refractivity contribution is 8.16. The Kier molecular flexibility index (Phi) is 6.77. The minimum Gasteiger partial charge on any atom is -0.490 e. The molecule has 0 radical (unpaired) electrons. The summed E-state index contributed by atoms with van der Waals surface area (Å²) in [5, 5.41) is 8.01. The van der Waals surface area contributed by atoms with Crippen LogP contribution in [-0.2, 0) is 24.7 Å². The molecule has 0 unspecified atom stereocenters. The first-order chi connectivity index (χ1) is 16.9. The van der Waals surface area contributed by atoms with Gasteiger partial charge in [-0.25, -0.2) is 13.3 Å². The summed E-state index contributed by atoms with van der Waals surface area (Å²) < 4.78 is 64.2. The van der Waals surface area contributed by atoms with Gasteiger partial charge in [-0.05, 0) is 49.8 Å². The molecule has 11 nitrogen and oxygen atoms in total. The molecule has 2 aromatic carbocycles. The quantitative estimate of drug-likeness (QED) is 0.326. The van der Waals surface area contributed by atoms with Crippen LogP contribution in [0.4, 0.5) is 0 Å². The first kappa shape index (κ1) is 25.6. The Hall–Kier alpha value is -3.49. The molecule has 0 fully saturated rings. The molecule has 0 aromatic heterocycles. The van der Waals surface area contributed by atoms with E-state index in [2.05, 4.69) is 9.39 Å². The Bertz CT molecular complexity index is 1580. The Morgan fingerprint density at radius 3 is 2.42 bits per heavy atom. The topological polar surface area (TPSA) is 156 Å². The highest BCUT2D eigenvalue weighted by Crippen LogP contribution is 2.34. The maximum Gasteiger partial charge on any atom is 0.339 e. The van der Waals surface area contributed by atoms with E-state index >= 15 is 0 Å². The zero-order valence-corrected chi connectivity index (χ0v) is 21.7. The number of rotatable bonds is 6.